The van der Waals surface area contributed by atoms with Gasteiger partial charge >= 0.3 is 0 Å². The van der Waals surface area contributed by atoms with E-state index in [0.717, 1.165) is 0 Å². The molecular weight excluding hydrogens is 128 g/mol. The molecule has 0 aromatic rings. The third kappa shape index (κ3) is 1.99. The maximum Gasteiger partial charge on any atom is 0.233 e. The van der Waals surface area contributed by atoms with Gasteiger partial charge in [0.1, 0.15) is 0 Å². The molecule has 3 heteroatoms. The van der Waals surface area contributed by atoms with Gasteiger partial charge in [-0.05, 0) is 12.8 Å². The summed E-state index contributed by atoms with van der Waals surface area (Å²) in [5.74, 6) is 0.0758. The van der Waals surface area contributed by atoms with Crippen LogP contribution in [0.1, 0.15) is 19.3 Å². The molecule has 0 unspecified atom stereocenters. The minimum absolute atomic E-state index is 0.0758. The van der Waals surface area contributed by atoms with Crippen molar-refractivity contribution in [3.05, 3.63) is 0 Å². The number of carbonyl (C=O) groups excluding carboxylic acids is 1. The first-order valence-electron chi connectivity index (χ1n) is 3.77. The molecule has 0 radical (unpaired) electrons. The Kier molecular flexibility index (Phi) is 2.68. The highest BCUT2D eigenvalue weighted by atomic mass is 16.1. The molecule has 0 aliphatic heterocycles. The zero-order valence-corrected chi connectivity index (χ0v) is 6.31. The third-order valence-corrected chi connectivity index (χ3v) is 1.94. The largest absolute Gasteiger partial charge is 0.358 e. The lowest BCUT2D eigenvalue weighted by atomic mass is 9.93. The van der Waals surface area contributed by atoms with Crippen LogP contribution in [0, 0.1) is 0 Å². The summed E-state index contributed by atoms with van der Waals surface area (Å²) in [5, 5.41) is 5.72. The van der Waals surface area contributed by atoms with Gasteiger partial charge in [-0.15, -0.1) is 0 Å². The third-order valence-electron chi connectivity index (χ3n) is 1.94. The molecule has 10 heavy (non-hydrogen) atoms. The number of hydrogen-bond donors (Lipinski definition) is 2. The molecule has 2 N–H and O–H groups in total. The van der Waals surface area contributed by atoms with Crippen LogP contribution < -0.4 is 10.6 Å². The van der Waals surface area contributed by atoms with Crippen LogP contribution in [-0.2, 0) is 4.79 Å². The lowest BCUT2D eigenvalue weighted by Crippen LogP contribution is -2.41. The van der Waals surface area contributed by atoms with Crippen molar-refractivity contribution < 1.29 is 4.79 Å². The van der Waals surface area contributed by atoms with Crippen molar-refractivity contribution in [3.63, 3.8) is 0 Å². The lowest BCUT2D eigenvalue weighted by Gasteiger charge is -2.25. The monoisotopic (exact) mass is 142 g/mol. The minimum atomic E-state index is 0.0758. The highest BCUT2D eigenvalue weighted by Gasteiger charge is 2.16. The Morgan fingerprint density at radius 2 is 2.30 bits per heavy atom. The number of likely N-dealkylation sites (N-methyl/N-ethyl adjacent to an activating group) is 1. The predicted octanol–water partition coefficient (Wildman–Crippen LogP) is -0.126. The Balaban J connectivity index is 1.98. The van der Waals surface area contributed by atoms with Crippen LogP contribution in [0.2, 0.25) is 0 Å². The van der Waals surface area contributed by atoms with Crippen molar-refractivity contribution in [2.75, 3.05) is 13.6 Å². The number of amides is 1. The van der Waals surface area contributed by atoms with Crippen molar-refractivity contribution in [1.82, 2.24) is 10.6 Å². The summed E-state index contributed by atoms with van der Waals surface area (Å²) in [7, 11) is 1.66. The summed E-state index contributed by atoms with van der Waals surface area (Å²) in [6.07, 6.45) is 3.78. The molecule has 3 nitrogen and oxygen atoms in total. The normalized spacial score (nSPS) is 18.1. The molecule has 1 aliphatic carbocycles. The second-order valence-corrected chi connectivity index (χ2v) is 2.68. The number of hydrogen-bond acceptors (Lipinski definition) is 2. The average Bonchev–Trinajstić information content (AvgIpc) is 1.84. The molecule has 0 atom stereocenters. The molecule has 0 bridgehead atoms. The molecule has 0 aromatic heterocycles. The van der Waals surface area contributed by atoms with Gasteiger partial charge in [0.2, 0.25) is 5.91 Å². The molecule has 0 spiro atoms. The van der Waals surface area contributed by atoms with Gasteiger partial charge in [0, 0.05) is 13.1 Å². The van der Waals surface area contributed by atoms with Crippen LogP contribution in [0.4, 0.5) is 0 Å². The first-order valence-corrected chi connectivity index (χ1v) is 3.77. The van der Waals surface area contributed by atoms with Crippen molar-refractivity contribution in [1.29, 1.82) is 0 Å². The fourth-order valence-corrected chi connectivity index (χ4v) is 0.938. The smallest absolute Gasteiger partial charge is 0.233 e. The summed E-state index contributed by atoms with van der Waals surface area (Å²) in [5.41, 5.74) is 0. The second kappa shape index (κ2) is 3.56. The van der Waals surface area contributed by atoms with E-state index in [1.807, 2.05) is 0 Å². The standard InChI is InChI=1S/C7H14N2O/c1-8-7(10)5-9-6-3-2-4-6/h6,9H,2-5H2,1H3,(H,8,10). The number of nitrogens with one attached hydrogen (secondary N) is 2. The van der Waals surface area contributed by atoms with E-state index in [1.165, 1.54) is 19.3 Å². The van der Waals surface area contributed by atoms with Crippen LogP contribution in [0.5, 0.6) is 0 Å². The minimum Gasteiger partial charge on any atom is -0.358 e. The van der Waals surface area contributed by atoms with E-state index in [4.69, 9.17) is 0 Å². The van der Waals surface area contributed by atoms with Crippen LogP contribution in [-0.4, -0.2) is 25.5 Å². The number of rotatable bonds is 3. The van der Waals surface area contributed by atoms with E-state index >= 15 is 0 Å². The highest BCUT2D eigenvalue weighted by Crippen LogP contribution is 2.17. The summed E-state index contributed by atoms with van der Waals surface area (Å²) < 4.78 is 0. The quantitative estimate of drug-likeness (QED) is 0.576. The fourth-order valence-electron chi connectivity index (χ4n) is 0.938. The first kappa shape index (κ1) is 7.54. The van der Waals surface area contributed by atoms with Gasteiger partial charge in [-0.1, -0.05) is 6.42 Å². The average molecular weight is 142 g/mol. The molecule has 1 aliphatic rings. The van der Waals surface area contributed by atoms with Gasteiger partial charge in [-0.3, -0.25) is 4.79 Å². The van der Waals surface area contributed by atoms with Crippen LogP contribution in [0.25, 0.3) is 0 Å². The number of carbonyl (C=O) groups is 1. The Labute approximate surface area is 61.2 Å². The van der Waals surface area contributed by atoms with Crippen molar-refractivity contribution in [2.45, 2.75) is 25.3 Å². The molecule has 58 valence electrons. The van der Waals surface area contributed by atoms with E-state index in [0.29, 0.717) is 12.6 Å². The van der Waals surface area contributed by atoms with E-state index < -0.39 is 0 Å². The molecule has 0 heterocycles. The Morgan fingerprint density at radius 1 is 1.60 bits per heavy atom. The summed E-state index contributed by atoms with van der Waals surface area (Å²) >= 11 is 0. The van der Waals surface area contributed by atoms with Gasteiger partial charge in [0.15, 0.2) is 0 Å². The van der Waals surface area contributed by atoms with Gasteiger partial charge in [-0.2, -0.15) is 0 Å². The SMILES string of the molecule is CNC(=O)CNC1CCC1. The summed E-state index contributed by atoms with van der Waals surface area (Å²) in [6, 6.07) is 0.609. The second-order valence-electron chi connectivity index (χ2n) is 2.68. The Bertz CT molecular complexity index is 121. The van der Waals surface area contributed by atoms with Gasteiger partial charge in [0.05, 0.1) is 6.54 Å². The molecule has 1 saturated carbocycles. The zero-order valence-electron chi connectivity index (χ0n) is 6.31. The highest BCUT2D eigenvalue weighted by molar-refractivity contribution is 5.77. The molecule has 0 aromatic carbocycles. The summed E-state index contributed by atoms with van der Waals surface area (Å²) in [6.45, 7) is 0.473. The Hall–Kier alpha value is -0.570. The van der Waals surface area contributed by atoms with Crippen molar-refractivity contribution in [3.8, 4) is 0 Å². The Morgan fingerprint density at radius 3 is 2.70 bits per heavy atom. The fraction of sp³-hybridized carbons (Fsp3) is 0.857. The lowest BCUT2D eigenvalue weighted by molar-refractivity contribution is -0.120. The molecule has 1 amide bonds. The van der Waals surface area contributed by atoms with Crippen molar-refractivity contribution in [2.24, 2.45) is 0 Å². The topological polar surface area (TPSA) is 41.1 Å². The van der Waals surface area contributed by atoms with E-state index in [9.17, 15) is 4.79 Å². The maximum atomic E-state index is 10.7. The van der Waals surface area contributed by atoms with Crippen LogP contribution in [0.3, 0.4) is 0 Å². The van der Waals surface area contributed by atoms with Crippen molar-refractivity contribution >= 4 is 5.91 Å². The molecule has 1 fully saturated rings. The van der Waals surface area contributed by atoms with E-state index in [1.54, 1.807) is 7.05 Å². The van der Waals surface area contributed by atoms with Gasteiger partial charge in [-0.25, -0.2) is 0 Å². The maximum absolute atomic E-state index is 10.7. The first-order chi connectivity index (χ1) is 4.83. The predicted molar refractivity (Wildman–Crippen MR) is 39.7 cm³/mol. The molecule has 0 saturated heterocycles. The molecular formula is C7H14N2O. The van der Waals surface area contributed by atoms with Gasteiger partial charge in [0.25, 0.3) is 0 Å². The summed E-state index contributed by atoms with van der Waals surface area (Å²) in [4.78, 5) is 10.7. The van der Waals surface area contributed by atoms with Gasteiger partial charge < -0.3 is 10.6 Å². The molecule has 1 rings (SSSR count). The van der Waals surface area contributed by atoms with Crippen LogP contribution >= 0.6 is 0 Å². The zero-order chi connectivity index (χ0) is 7.40. The van der Waals surface area contributed by atoms with E-state index in [-0.39, 0.29) is 5.91 Å². The van der Waals surface area contributed by atoms with E-state index in [2.05, 4.69) is 10.6 Å². The van der Waals surface area contributed by atoms with Crippen LogP contribution in [0.15, 0.2) is 0 Å².